The van der Waals surface area contributed by atoms with Gasteiger partial charge in [0.15, 0.2) is 5.82 Å². The first-order valence-electron chi connectivity index (χ1n) is 11.9. The molecule has 1 aliphatic heterocycles. The molecule has 0 bridgehead atoms. The number of hydrogen-bond acceptors (Lipinski definition) is 5. The lowest BCUT2D eigenvalue weighted by molar-refractivity contribution is 0.0914. The summed E-state index contributed by atoms with van der Waals surface area (Å²) in [6, 6.07) is 14.0. The molecule has 1 aromatic heterocycles. The molecule has 8 nitrogen and oxygen atoms in total. The Morgan fingerprint density at radius 1 is 1.06 bits per heavy atom. The van der Waals surface area contributed by atoms with Crippen LogP contribution in [-0.2, 0) is 0 Å². The van der Waals surface area contributed by atoms with Crippen molar-refractivity contribution in [2.24, 2.45) is 17.8 Å². The van der Waals surface area contributed by atoms with E-state index in [2.05, 4.69) is 22.6 Å². The highest BCUT2D eigenvalue weighted by molar-refractivity contribution is 6.34. The third kappa shape index (κ3) is 3.63. The van der Waals surface area contributed by atoms with E-state index in [1.807, 2.05) is 0 Å². The number of nitrogens with one attached hydrogen (secondary N) is 1. The van der Waals surface area contributed by atoms with Crippen LogP contribution in [0.5, 0.6) is 0 Å². The number of anilines is 1. The summed E-state index contributed by atoms with van der Waals surface area (Å²) in [6.45, 7) is 2.10. The van der Waals surface area contributed by atoms with Gasteiger partial charge in [0.05, 0.1) is 23.4 Å². The Balaban J connectivity index is 1.10. The van der Waals surface area contributed by atoms with Crippen LogP contribution < -0.4 is 10.2 Å². The number of halogens is 1. The number of amides is 3. The third-order valence-corrected chi connectivity index (χ3v) is 7.96. The van der Waals surface area contributed by atoms with Gasteiger partial charge in [0.2, 0.25) is 0 Å². The number of benzene rings is 2. The average Bonchev–Trinajstić information content (AvgIpc) is 3.22. The molecule has 3 amide bonds. The third-order valence-electron chi connectivity index (χ3n) is 7.71. The zero-order valence-electron chi connectivity index (χ0n) is 19.1. The zero-order chi connectivity index (χ0) is 24.3. The molecule has 0 saturated heterocycles. The van der Waals surface area contributed by atoms with Crippen LogP contribution in [0.15, 0.2) is 54.7 Å². The predicted octanol–water partition coefficient (Wildman–Crippen LogP) is 4.14. The second-order valence-corrected chi connectivity index (χ2v) is 10.0. The normalized spacial score (nSPS) is 25.4. The Hall–Kier alpha value is -3.52. The van der Waals surface area contributed by atoms with Gasteiger partial charge in [-0.15, -0.1) is 5.10 Å². The Morgan fingerprint density at radius 2 is 1.69 bits per heavy atom. The van der Waals surface area contributed by atoms with Crippen molar-refractivity contribution in [3.63, 3.8) is 0 Å². The maximum atomic E-state index is 12.7. The van der Waals surface area contributed by atoms with Crippen molar-refractivity contribution >= 4 is 35.1 Å². The van der Waals surface area contributed by atoms with Crippen molar-refractivity contribution in [2.75, 3.05) is 4.90 Å². The van der Waals surface area contributed by atoms with E-state index in [0.29, 0.717) is 39.5 Å². The van der Waals surface area contributed by atoms with Gasteiger partial charge in [-0.05, 0) is 73.4 Å². The first-order chi connectivity index (χ1) is 17.0. The first kappa shape index (κ1) is 22.0. The lowest BCUT2D eigenvalue weighted by Gasteiger charge is -2.21. The van der Waals surface area contributed by atoms with E-state index < -0.39 is 0 Å². The molecule has 2 heterocycles. The molecule has 1 N–H and O–H groups in total. The Kier molecular flexibility index (Phi) is 5.21. The van der Waals surface area contributed by atoms with Crippen molar-refractivity contribution in [3.8, 4) is 0 Å². The van der Waals surface area contributed by atoms with Crippen LogP contribution in [-0.4, -0.2) is 38.8 Å². The minimum absolute atomic E-state index is 0.0723. The minimum Gasteiger partial charge on any atom is -0.349 e. The van der Waals surface area contributed by atoms with E-state index in [0.717, 1.165) is 24.2 Å². The molecule has 35 heavy (non-hydrogen) atoms. The van der Waals surface area contributed by atoms with E-state index in [1.165, 1.54) is 0 Å². The van der Waals surface area contributed by atoms with Crippen LogP contribution in [0.1, 0.15) is 63.3 Å². The molecule has 6 rings (SSSR count). The van der Waals surface area contributed by atoms with E-state index in [1.54, 1.807) is 59.4 Å². The molecule has 2 saturated carbocycles. The predicted molar refractivity (Wildman–Crippen MR) is 129 cm³/mol. The molecule has 2 fully saturated rings. The summed E-state index contributed by atoms with van der Waals surface area (Å²) in [5.74, 6) is 0.937. The van der Waals surface area contributed by atoms with E-state index in [9.17, 15) is 14.4 Å². The SMILES string of the molecule is CCC(NC(=O)c1ccc(Cl)cc1)C1C2CC(n3cc(N4C(=O)c5ccccc5C4=O)nn3)CC21. The topological polar surface area (TPSA) is 97.2 Å². The summed E-state index contributed by atoms with van der Waals surface area (Å²) in [7, 11) is 0. The molecular formula is C26H24ClN5O3. The van der Waals surface area contributed by atoms with Crippen molar-refractivity contribution < 1.29 is 14.4 Å². The first-order valence-corrected chi connectivity index (χ1v) is 12.3. The molecular weight excluding hydrogens is 466 g/mol. The largest absolute Gasteiger partial charge is 0.349 e. The van der Waals surface area contributed by atoms with Gasteiger partial charge in [0.1, 0.15) is 0 Å². The van der Waals surface area contributed by atoms with Gasteiger partial charge in [0, 0.05) is 16.6 Å². The second-order valence-electron chi connectivity index (χ2n) is 9.57. The standard InChI is InChI=1S/C26H24ClN5O3/c1-2-21(28-24(33)14-7-9-15(27)10-8-14)23-19-11-16(12-20(19)23)31-13-22(29-30-31)32-25(34)17-5-3-4-6-18(17)26(32)35/h3-10,13,16,19-21,23H,2,11-12H2,1H3,(H,28,33). The summed E-state index contributed by atoms with van der Waals surface area (Å²) in [6.07, 6.45) is 4.45. The van der Waals surface area contributed by atoms with Crippen molar-refractivity contribution in [3.05, 3.63) is 76.4 Å². The number of fused-ring (bicyclic) bond motifs is 2. The van der Waals surface area contributed by atoms with Gasteiger partial charge < -0.3 is 5.32 Å². The Labute approximate surface area is 207 Å². The van der Waals surface area contributed by atoms with Crippen LogP contribution in [0.2, 0.25) is 5.02 Å². The van der Waals surface area contributed by atoms with Crippen LogP contribution in [0, 0.1) is 17.8 Å². The van der Waals surface area contributed by atoms with Crippen LogP contribution in [0.3, 0.4) is 0 Å². The smallest absolute Gasteiger partial charge is 0.267 e. The molecule has 178 valence electrons. The van der Waals surface area contributed by atoms with E-state index >= 15 is 0 Å². The number of rotatable bonds is 6. The van der Waals surface area contributed by atoms with Gasteiger partial charge in [-0.25, -0.2) is 9.58 Å². The van der Waals surface area contributed by atoms with Gasteiger partial charge in [-0.2, -0.15) is 0 Å². The average molecular weight is 490 g/mol. The molecule has 0 spiro atoms. The van der Waals surface area contributed by atoms with Gasteiger partial charge >= 0.3 is 0 Å². The maximum Gasteiger partial charge on any atom is 0.267 e. The Morgan fingerprint density at radius 3 is 2.29 bits per heavy atom. The monoisotopic (exact) mass is 489 g/mol. The highest BCUT2D eigenvalue weighted by atomic mass is 35.5. The summed E-state index contributed by atoms with van der Waals surface area (Å²) in [4.78, 5) is 39.3. The number of hydrogen-bond donors (Lipinski definition) is 1. The maximum absolute atomic E-state index is 12.7. The molecule has 2 aliphatic carbocycles. The highest BCUT2D eigenvalue weighted by Gasteiger charge is 2.59. The number of nitrogens with zero attached hydrogens (tertiary/aromatic N) is 4. The summed E-state index contributed by atoms with van der Waals surface area (Å²) < 4.78 is 1.79. The molecule has 3 aromatic rings. The molecule has 3 aliphatic rings. The molecule has 3 atom stereocenters. The van der Waals surface area contributed by atoms with E-state index in [4.69, 9.17) is 11.6 Å². The fraction of sp³-hybridized carbons (Fsp3) is 0.346. The number of carbonyl (C=O) groups excluding carboxylic acids is 3. The summed E-state index contributed by atoms with van der Waals surface area (Å²) in [5, 5.41) is 12.2. The van der Waals surface area contributed by atoms with E-state index in [-0.39, 0.29) is 35.6 Å². The van der Waals surface area contributed by atoms with Gasteiger partial charge in [-0.1, -0.05) is 35.9 Å². The number of aromatic nitrogens is 3. The van der Waals surface area contributed by atoms with Crippen molar-refractivity contribution in [1.82, 2.24) is 20.3 Å². The molecule has 3 unspecified atom stereocenters. The second kappa shape index (κ2) is 8.30. The summed E-state index contributed by atoms with van der Waals surface area (Å²) >= 11 is 5.93. The van der Waals surface area contributed by atoms with Crippen LogP contribution in [0.25, 0.3) is 0 Å². The summed E-state index contributed by atoms with van der Waals surface area (Å²) in [5.41, 5.74) is 1.39. The number of carbonyl (C=O) groups is 3. The van der Waals surface area contributed by atoms with Gasteiger partial charge in [0.25, 0.3) is 17.7 Å². The molecule has 2 aromatic carbocycles. The quantitative estimate of drug-likeness (QED) is 0.525. The molecule has 9 heteroatoms. The number of imide groups is 1. The lowest BCUT2D eigenvalue weighted by Crippen LogP contribution is -2.37. The zero-order valence-corrected chi connectivity index (χ0v) is 19.9. The minimum atomic E-state index is -0.366. The lowest BCUT2D eigenvalue weighted by atomic mass is 9.99. The molecule has 0 radical (unpaired) electrons. The van der Waals surface area contributed by atoms with Crippen molar-refractivity contribution in [1.29, 1.82) is 0 Å². The van der Waals surface area contributed by atoms with Gasteiger partial charge in [-0.3, -0.25) is 14.4 Å². The van der Waals surface area contributed by atoms with Crippen molar-refractivity contribution in [2.45, 2.75) is 38.3 Å². The fourth-order valence-electron chi connectivity index (χ4n) is 5.94. The fourth-order valence-corrected chi connectivity index (χ4v) is 6.07. The Bertz CT molecular complexity index is 1290. The highest BCUT2D eigenvalue weighted by Crippen LogP contribution is 2.62. The van der Waals surface area contributed by atoms with Crippen LogP contribution in [0.4, 0.5) is 5.82 Å². The van der Waals surface area contributed by atoms with Crippen LogP contribution >= 0.6 is 11.6 Å².